The van der Waals surface area contributed by atoms with Crippen LogP contribution in [0.2, 0.25) is 0 Å². The lowest BCUT2D eigenvalue weighted by Gasteiger charge is -2.12. The Kier molecular flexibility index (Phi) is 4.64. The van der Waals surface area contributed by atoms with Gasteiger partial charge in [-0.25, -0.2) is 8.42 Å². The van der Waals surface area contributed by atoms with Gasteiger partial charge in [0.25, 0.3) is 0 Å². The van der Waals surface area contributed by atoms with Gasteiger partial charge in [0, 0.05) is 11.7 Å². The molecule has 22 heavy (non-hydrogen) atoms. The third-order valence-corrected chi connectivity index (χ3v) is 5.03. The van der Waals surface area contributed by atoms with E-state index in [0.717, 1.165) is 12.1 Å². The topological polar surface area (TPSA) is 75.3 Å². The molecule has 1 aliphatic rings. The van der Waals surface area contributed by atoms with Crippen LogP contribution in [0.1, 0.15) is 12.0 Å². The van der Waals surface area contributed by atoms with Gasteiger partial charge in [-0.2, -0.15) is 13.2 Å². The van der Waals surface area contributed by atoms with Crippen LogP contribution in [0, 0.1) is 0 Å². The third kappa shape index (κ3) is 4.62. The molecule has 1 unspecified atom stereocenters. The molecule has 0 saturated carbocycles. The summed E-state index contributed by atoms with van der Waals surface area (Å²) >= 11 is 0. The Balaban J connectivity index is 1.81. The van der Waals surface area contributed by atoms with Crippen LogP contribution in [0.4, 0.5) is 18.9 Å². The Morgan fingerprint density at radius 3 is 2.36 bits per heavy atom. The number of anilines is 1. The molecule has 1 heterocycles. The van der Waals surface area contributed by atoms with Gasteiger partial charge in [-0.15, -0.1) is 0 Å². The summed E-state index contributed by atoms with van der Waals surface area (Å²) in [6.45, 7) is -0.137. The number of halogens is 3. The van der Waals surface area contributed by atoms with Crippen molar-refractivity contribution in [3.8, 4) is 0 Å². The van der Waals surface area contributed by atoms with Crippen LogP contribution in [-0.2, 0) is 20.8 Å². The van der Waals surface area contributed by atoms with Crippen LogP contribution in [-0.4, -0.2) is 38.4 Å². The number of amides is 1. The second kappa shape index (κ2) is 6.15. The number of carbonyl (C=O) groups is 1. The number of benzene rings is 1. The van der Waals surface area contributed by atoms with Gasteiger partial charge in [-0.1, -0.05) is 0 Å². The monoisotopic (exact) mass is 336 g/mol. The maximum atomic E-state index is 12.4. The molecule has 0 aromatic heterocycles. The fraction of sp³-hybridized carbons (Fsp3) is 0.462. The molecule has 1 saturated heterocycles. The van der Waals surface area contributed by atoms with Crippen molar-refractivity contribution in [2.75, 3.05) is 23.4 Å². The summed E-state index contributed by atoms with van der Waals surface area (Å²) in [4.78, 5) is 11.7. The van der Waals surface area contributed by atoms with E-state index in [0.29, 0.717) is 12.1 Å². The van der Waals surface area contributed by atoms with E-state index in [9.17, 15) is 26.4 Å². The van der Waals surface area contributed by atoms with Crippen molar-refractivity contribution in [1.82, 2.24) is 5.32 Å². The van der Waals surface area contributed by atoms with Crippen molar-refractivity contribution >= 4 is 21.4 Å². The normalized spacial score (nSPS) is 20.6. The van der Waals surface area contributed by atoms with Gasteiger partial charge >= 0.3 is 6.18 Å². The zero-order valence-corrected chi connectivity index (χ0v) is 12.3. The van der Waals surface area contributed by atoms with E-state index >= 15 is 0 Å². The van der Waals surface area contributed by atoms with Gasteiger partial charge in [-0.3, -0.25) is 4.79 Å². The number of hydrogen-bond donors (Lipinski definition) is 2. The second-order valence-corrected chi connectivity index (χ2v) is 7.32. The molecule has 2 N–H and O–H groups in total. The molecule has 0 radical (unpaired) electrons. The summed E-state index contributed by atoms with van der Waals surface area (Å²) in [7, 11) is -3.07. The van der Waals surface area contributed by atoms with Crippen LogP contribution < -0.4 is 10.6 Å². The lowest BCUT2D eigenvalue weighted by molar-refractivity contribution is -0.137. The zero-order chi connectivity index (χ0) is 16.4. The Labute approximate surface area is 125 Å². The number of sulfone groups is 1. The van der Waals surface area contributed by atoms with E-state index in [-0.39, 0.29) is 18.1 Å². The number of hydrogen-bond acceptors (Lipinski definition) is 4. The predicted octanol–water partition coefficient (Wildman–Crippen LogP) is 1.42. The standard InChI is InChI=1S/C13H15F3N2O3S/c14-13(15,16)9-1-3-10(4-2-9)17-7-12(19)18-11-5-6-22(20,21)8-11/h1-4,11,17H,5-8H2,(H,18,19). The highest BCUT2D eigenvalue weighted by molar-refractivity contribution is 7.91. The molecular formula is C13H15F3N2O3S. The maximum Gasteiger partial charge on any atom is 0.416 e. The van der Waals surface area contributed by atoms with E-state index in [4.69, 9.17) is 0 Å². The smallest absolute Gasteiger partial charge is 0.376 e. The zero-order valence-electron chi connectivity index (χ0n) is 11.5. The number of alkyl halides is 3. The summed E-state index contributed by atoms with van der Waals surface area (Å²) in [5, 5.41) is 5.27. The number of rotatable bonds is 4. The van der Waals surface area contributed by atoms with Gasteiger partial charge in [0.2, 0.25) is 5.91 Å². The predicted molar refractivity (Wildman–Crippen MR) is 75.1 cm³/mol. The summed E-state index contributed by atoms with van der Waals surface area (Å²) in [6, 6.07) is 3.91. The van der Waals surface area contributed by atoms with Crippen molar-refractivity contribution in [2.45, 2.75) is 18.6 Å². The van der Waals surface area contributed by atoms with Crippen LogP contribution >= 0.6 is 0 Å². The average molecular weight is 336 g/mol. The van der Waals surface area contributed by atoms with Crippen LogP contribution in [0.15, 0.2) is 24.3 Å². The molecule has 5 nitrogen and oxygen atoms in total. The molecule has 9 heteroatoms. The first kappa shape index (κ1) is 16.6. The molecule has 1 aliphatic heterocycles. The lowest BCUT2D eigenvalue weighted by atomic mass is 10.2. The van der Waals surface area contributed by atoms with Crippen molar-refractivity contribution < 1.29 is 26.4 Å². The van der Waals surface area contributed by atoms with Gasteiger partial charge < -0.3 is 10.6 Å². The Morgan fingerprint density at radius 1 is 1.23 bits per heavy atom. The maximum absolute atomic E-state index is 12.4. The summed E-state index contributed by atoms with van der Waals surface area (Å²) in [5.74, 6) is -0.412. The molecular weight excluding hydrogens is 321 g/mol. The van der Waals surface area contributed by atoms with Gasteiger partial charge in [-0.05, 0) is 30.7 Å². The van der Waals surface area contributed by atoms with Crippen molar-refractivity contribution in [2.24, 2.45) is 0 Å². The van der Waals surface area contributed by atoms with E-state index in [2.05, 4.69) is 10.6 Å². The Hall–Kier alpha value is -1.77. The van der Waals surface area contributed by atoms with E-state index in [1.807, 2.05) is 0 Å². The number of carbonyl (C=O) groups excluding carboxylic acids is 1. The molecule has 0 aliphatic carbocycles. The first-order valence-electron chi connectivity index (χ1n) is 6.57. The average Bonchev–Trinajstić information content (AvgIpc) is 2.75. The van der Waals surface area contributed by atoms with Crippen LogP contribution in [0.25, 0.3) is 0 Å². The highest BCUT2D eigenvalue weighted by Crippen LogP contribution is 2.29. The Bertz CT molecular complexity index is 641. The first-order chi connectivity index (χ1) is 10.2. The van der Waals surface area contributed by atoms with Gasteiger partial charge in [0.15, 0.2) is 9.84 Å². The minimum absolute atomic E-state index is 0.0598. The fourth-order valence-electron chi connectivity index (χ4n) is 2.15. The minimum atomic E-state index is -4.40. The SMILES string of the molecule is O=C(CNc1ccc(C(F)(F)F)cc1)NC1CCS(=O)(=O)C1. The molecule has 1 aromatic carbocycles. The molecule has 0 spiro atoms. The van der Waals surface area contributed by atoms with Crippen molar-refractivity contribution in [1.29, 1.82) is 0 Å². The molecule has 1 atom stereocenters. The van der Waals surface area contributed by atoms with E-state index < -0.39 is 33.5 Å². The van der Waals surface area contributed by atoms with Crippen LogP contribution in [0.5, 0.6) is 0 Å². The summed E-state index contributed by atoms with van der Waals surface area (Å²) in [5.41, 5.74) is -0.388. The van der Waals surface area contributed by atoms with Crippen molar-refractivity contribution in [3.05, 3.63) is 29.8 Å². The van der Waals surface area contributed by atoms with Gasteiger partial charge in [0.05, 0.1) is 23.6 Å². The highest BCUT2D eigenvalue weighted by Gasteiger charge is 2.30. The van der Waals surface area contributed by atoms with Crippen LogP contribution in [0.3, 0.4) is 0 Å². The molecule has 1 amide bonds. The third-order valence-electron chi connectivity index (χ3n) is 3.26. The fourth-order valence-corrected chi connectivity index (χ4v) is 3.82. The molecule has 1 aromatic rings. The molecule has 122 valence electrons. The Morgan fingerprint density at radius 2 is 1.86 bits per heavy atom. The quantitative estimate of drug-likeness (QED) is 0.872. The molecule has 2 rings (SSSR count). The highest BCUT2D eigenvalue weighted by atomic mass is 32.2. The summed E-state index contributed by atoms with van der Waals surface area (Å²) in [6.07, 6.45) is -4.02. The number of nitrogens with one attached hydrogen (secondary N) is 2. The summed E-state index contributed by atoms with van der Waals surface area (Å²) < 4.78 is 59.7. The molecule has 0 bridgehead atoms. The largest absolute Gasteiger partial charge is 0.416 e. The molecule has 1 fully saturated rings. The lowest BCUT2D eigenvalue weighted by Crippen LogP contribution is -2.39. The minimum Gasteiger partial charge on any atom is -0.376 e. The van der Waals surface area contributed by atoms with Crippen molar-refractivity contribution in [3.63, 3.8) is 0 Å². The van der Waals surface area contributed by atoms with E-state index in [1.54, 1.807) is 0 Å². The second-order valence-electron chi connectivity index (χ2n) is 5.10. The van der Waals surface area contributed by atoms with E-state index in [1.165, 1.54) is 12.1 Å². The first-order valence-corrected chi connectivity index (χ1v) is 8.39. The van der Waals surface area contributed by atoms with Gasteiger partial charge in [0.1, 0.15) is 0 Å².